The van der Waals surface area contributed by atoms with Gasteiger partial charge in [0.25, 0.3) is 0 Å². The van der Waals surface area contributed by atoms with Crippen molar-refractivity contribution in [2.24, 2.45) is 0 Å². The SMILES string of the molecule is CCN(CC)C(CNC(=O)CSc1ncnc2sc(C)c(C)c12)c1ccco1. The van der Waals surface area contributed by atoms with Crippen molar-refractivity contribution < 1.29 is 9.21 Å². The number of aromatic nitrogens is 2. The molecule has 1 amide bonds. The summed E-state index contributed by atoms with van der Waals surface area (Å²) in [6.45, 7) is 10.7. The number of nitrogens with zero attached hydrogens (tertiary/aromatic N) is 3. The number of fused-ring (bicyclic) bond motifs is 1. The van der Waals surface area contributed by atoms with Gasteiger partial charge >= 0.3 is 0 Å². The van der Waals surface area contributed by atoms with Gasteiger partial charge in [-0.3, -0.25) is 9.69 Å². The predicted molar refractivity (Wildman–Crippen MR) is 115 cm³/mol. The molecule has 0 aromatic carbocycles. The number of thiophene rings is 1. The second-order valence-corrected chi connectivity index (χ2v) is 8.65. The summed E-state index contributed by atoms with van der Waals surface area (Å²) in [4.78, 5) is 25.7. The molecule has 1 N–H and O–H groups in total. The molecule has 1 unspecified atom stereocenters. The van der Waals surface area contributed by atoms with Crippen LogP contribution in [0.1, 0.15) is 36.1 Å². The topological polar surface area (TPSA) is 71.3 Å². The first-order chi connectivity index (χ1) is 13.5. The molecule has 6 nitrogen and oxygen atoms in total. The van der Waals surface area contributed by atoms with Gasteiger partial charge < -0.3 is 9.73 Å². The zero-order chi connectivity index (χ0) is 20.1. The van der Waals surface area contributed by atoms with Crippen LogP contribution in [0.5, 0.6) is 0 Å². The third kappa shape index (κ3) is 4.56. The monoisotopic (exact) mass is 418 g/mol. The van der Waals surface area contributed by atoms with Gasteiger partial charge in [-0.25, -0.2) is 9.97 Å². The molecule has 0 spiro atoms. The summed E-state index contributed by atoms with van der Waals surface area (Å²) in [6, 6.07) is 3.88. The zero-order valence-electron chi connectivity index (χ0n) is 16.7. The van der Waals surface area contributed by atoms with E-state index < -0.39 is 0 Å². The normalized spacial score (nSPS) is 12.6. The maximum absolute atomic E-state index is 12.5. The van der Waals surface area contributed by atoms with Crippen molar-refractivity contribution >= 4 is 39.2 Å². The van der Waals surface area contributed by atoms with E-state index in [-0.39, 0.29) is 11.9 Å². The summed E-state index contributed by atoms with van der Waals surface area (Å²) >= 11 is 3.13. The molecule has 150 valence electrons. The quantitative estimate of drug-likeness (QED) is 0.415. The van der Waals surface area contributed by atoms with Gasteiger partial charge in [0.15, 0.2) is 0 Å². The Morgan fingerprint density at radius 3 is 2.79 bits per heavy atom. The highest BCUT2D eigenvalue weighted by Gasteiger charge is 2.21. The summed E-state index contributed by atoms with van der Waals surface area (Å²) < 4.78 is 5.59. The van der Waals surface area contributed by atoms with E-state index in [1.54, 1.807) is 23.9 Å². The van der Waals surface area contributed by atoms with E-state index in [1.165, 1.54) is 22.2 Å². The Morgan fingerprint density at radius 2 is 2.11 bits per heavy atom. The van der Waals surface area contributed by atoms with Gasteiger partial charge in [0.1, 0.15) is 21.9 Å². The minimum Gasteiger partial charge on any atom is -0.468 e. The average molecular weight is 419 g/mol. The smallest absolute Gasteiger partial charge is 0.230 e. The Bertz CT molecular complexity index is 920. The summed E-state index contributed by atoms with van der Waals surface area (Å²) in [5, 5.41) is 4.99. The molecule has 3 heterocycles. The number of furan rings is 1. The number of nitrogens with one attached hydrogen (secondary N) is 1. The molecule has 8 heteroatoms. The van der Waals surface area contributed by atoms with E-state index in [2.05, 4.69) is 47.9 Å². The first-order valence-corrected chi connectivity index (χ1v) is 11.2. The Kier molecular flexibility index (Phi) is 7.09. The molecule has 0 radical (unpaired) electrons. The molecular weight excluding hydrogens is 392 g/mol. The third-order valence-corrected chi connectivity index (χ3v) is 6.99. The van der Waals surface area contributed by atoms with Crippen molar-refractivity contribution in [3.05, 3.63) is 40.9 Å². The average Bonchev–Trinajstić information content (AvgIpc) is 3.32. The van der Waals surface area contributed by atoms with Crippen molar-refractivity contribution in [2.45, 2.75) is 38.8 Å². The van der Waals surface area contributed by atoms with E-state index in [0.29, 0.717) is 12.3 Å². The highest BCUT2D eigenvalue weighted by molar-refractivity contribution is 8.00. The Hall–Kier alpha value is -1.90. The Morgan fingerprint density at radius 1 is 1.32 bits per heavy atom. The minimum atomic E-state index is -0.00919. The van der Waals surface area contributed by atoms with Gasteiger partial charge in [-0.05, 0) is 44.6 Å². The van der Waals surface area contributed by atoms with Crippen LogP contribution in [0.4, 0.5) is 0 Å². The number of thioether (sulfide) groups is 1. The van der Waals surface area contributed by atoms with E-state index >= 15 is 0 Å². The summed E-state index contributed by atoms with van der Waals surface area (Å²) in [6.07, 6.45) is 3.25. The summed E-state index contributed by atoms with van der Waals surface area (Å²) in [5.41, 5.74) is 1.20. The molecule has 0 aliphatic heterocycles. The van der Waals surface area contributed by atoms with Crippen molar-refractivity contribution in [3.63, 3.8) is 0 Å². The molecular formula is C20H26N4O2S2. The zero-order valence-corrected chi connectivity index (χ0v) is 18.3. The standard InChI is InChI=1S/C20H26N4O2S2/c1-5-24(6-2)15(16-8-7-9-26-16)10-21-17(25)11-27-19-18-13(3)14(4)28-20(18)23-12-22-19/h7-9,12,15H,5-6,10-11H2,1-4H3,(H,21,25). The molecule has 28 heavy (non-hydrogen) atoms. The lowest BCUT2D eigenvalue weighted by atomic mass is 10.2. The fourth-order valence-corrected chi connectivity index (χ4v) is 5.16. The fraction of sp³-hybridized carbons (Fsp3) is 0.450. The van der Waals surface area contributed by atoms with Gasteiger partial charge in [-0.1, -0.05) is 25.6 Å². The van der Waals surface area contributed by atoms with Crippen LogP contribution in [-0.2, 0) is 4.79 Å². The molecule has 3 aromatic heterocycles. The molecule has 0 saturated carbocycles. The molecule has 0 saturated heterocycles. The predicted octanol–water partition coefficient (Wildman–Crippen LogP) is 4.19. The van der Waals surface area contributed by atoms with E-state index in [1.807, 2.05) is 12.1 Å². The highest BCUT2D eigenvalue weighted by Crippen LogP contribution is 2.34. The van der Waals surface area contributed by atoms with Crippen molar-refractivity contribution in [1.29, 1.82) is 0 Å². The first-order valence-electron chi connectivity index (χ1n) is 9.42. The summed E-state index contributed by atoms with van der Waals surface area (Å²) in [7, 11) is 0. The van der Waals surface area contributed by atoms with Crippen LogP contribution in [0.3, 0.4) is 0 Å². The van der Waals surface area contributed by atoms with E-state index in [0.717, 1.165) is 34.1 Å². The van der Waals surface area contributed by atoms with Gasteiger partial charge in [0.05, 0.1) is 18.1 Å². The second-order valence-electron chi connectivity index (χ2n) is 6.49. The number of rotatable bonds is 9. The Labute approximate surface area is 173 Å². The summed E-state index contributed by atoms with van der Waals surface area (Å²) in [5.74, 6) is 1.19. The van der Waals surface area contributed by atoms with Crippen LogP contribution in [0.15, 0.2) is 34.2 Å². The molecule has 0 bridgehead atoms. The lowest BCUT2D eigenvalue weighted by molar-refractivity contribution is -0.118. The van der Waals surface area contributed by atoms with Crippen LogP contribution in [0.2, 0.25) is 0 Å². The molecule has 0 fully saturated rings. The third-order valence-electron chi connectivity index (χ3n) is 4.89. The van der Waals surface area contributed by atoms with Crippen molar-refractivity contribution in [1.82, 2.24) is 20.2 Å². The van der Waals surface area contributed by atoms with E-state index in [9.17, 15) is 4.79 Å². The van der Waals surface area contributed by atoms with Crippen LogP contribution < -0.4 is 5.32 Å². The number of carbonyl (C=O) groups excluding carboxylic acids is 1. The van der Waals surface area contributed by atoms with E-state index in [4.69, 9.17) is 4.42 Å². The van der Waals surface area contributed by atoms with Gasteiger partial charge in [0.2, 0.25) is 5.91 Å². The molecule has 0 aliphatic carbocycles. The molecule has 0 aliphatic rings. The maximum Gasteiger partial charge on any atom is 0.230 e. The lowest BCUT2D eigenvalue weighted by Gasteiger charge is -2.28. The lowest BCUT2D eigenvalue weighted by Crippen LogP contribution is -2.38. The van der Waals surface area contributed by atoms with Crippen molar-refractivity contribution in [2.75, 3.05) is 25.4 Å². The van der Waals surface area contributed by atoms with Crippen LogP contribution in [0.25, 0.3) is 10.2 Å². The number of amides is 1. The number of likely N-dealkylation sites (N-methyl/N-ethyl adjacent to an activating group) is 1. The molecule has 3 rings (SSSR count). The highest BCUT2D eigenvalue weighted by atomic mass is 32.2. The van der Waals surface area contributed by atoms with Gasteiger partial charge in [0, 0.05) is 16.8 Å². The minimum absolute atomic E-state index is 0.00919. The number of aryl methyl sites for hydroxylation is 2. The van der Waals surface area contributed by atoms with Gasteiger partial charge in [-0.15, -0.1) is 11.3 Å². The number of carbonyl (C=O) groups is 1. The second kappa shape index (κ2) is 9.54. The van der Waals surface area contributed by atoms with Crippen molar-refractivity contribution in [3.8, 4) is 0 Å². The maximum atomic E-state index is 12.5. The van der Waals surface area contributed by atoms with Crippen LogP contribution in [-0.4, -0.2) is 46.2 Å². The first kappa shape index (κ1) is 20.8. The molecule has 3 aromatic rings. The number of hydrogen-bond donors (Lipinski definition) is 1. The fourth-order valence-electron chi connectivity index (χ4n) is 3.21. The van der Waals surface area contributed by atoms with Crippen LogP contribution in [0, 0.1) is 13.8 Å². The van der Waals surface area contributed by atoms with Crippen LogP contribution >= 0.6 is 23.1 Å². The van der Waals surface area contributed by atoms with Gasteiger partial charge in [-0.2, -0.15) is 0 Å². The largest absolute Gasteiger partial charge is 0.468 e. The Balaban J connectivity index is 1.63. The number of hydrogen-bond acceptors (Lipinski definition) is 7. The molecule has 1 atom stereocenters.